The number of benzene rings is 2. The van der Waals surface area contributed by atoms with E-state index in [-0.39, 0.29) is 0 Å². The smallest absolute Gasteiger partial charge is 0.0473 e. The summed E-state index contributed by atoms with van der Waals surface area (Å²) in [4.78, 5) is 2.35. The normalized spacial score (nSPS) is 10.9. The Morgan fingerprint density at radius 2 is 1.14 bits per heavy atom. The van der Waals surface area contributed by atoms with Gasteiger partial charge in [-0.15, -0.1) is 0 Å². The van der Waals surface area contributed by atoms with E-state index in [1.165, 1.54) is 50.3 Å². The summed E-state index contributed by atoms with van der Waals surface area (Å²) in [6, 6.07) is 6.66. The summed E-state index contributed by atoms with van der Waals surface area (Å²) in [5.74, 6) is 0. The van der Waals surface area contributed by atoms with Crippen LogP contribution in [0.3, 0.4) is 0 Å². The average molecular weight is 281 g/mol. The molecular weight excluding hydrogens is 254 g/mol. The molecule has 0 saturated heterocycles. The molecule has 2 aromatic carbocycles. The Labute approximate surface area is 129 Å². The van der Waals surface area contributed by atoms with Crippen LogP contribution in [0.5, 0.6) is 0 Å². The lowest BCUT2D eigenvalue weighted by molar-refractivity contribution is 1.09. The molecule has 0 heterocycles. The molecule has 0 radical (unpaired) electrons. The Kier molecular flexibility index (Phi) is 4.13. The molecular formula is C20H27N. The van der Waals surface area contributed by atoms with Crippen molar-refractivity contribution in [1.29, 1.82) is 0 Å². The number of hydrogen-bond acceptors (Lipinski definition) is 1. The Morgan fingerprint density at radius 1 is 0.667 bits per heavy atom. The Morgan fingerprint density at radius 3 is 1.67 bits per heavy atom. The predicted octanol–water partition coefficient (Wildman–Crippen LogP) is 5.61. The summed E-state index contributed by atoms with van der Waals surface area (Å²) < 4.78 is 0. The maximum absolute atomic E-state index is 2.35. The molecule has 2 aromatic rings. The van der Waals surface area contributed by atoms with Gasteiger partial charge in [0.25, 0.3) is 0 Å². The summed E-state index contributed by atoms with van der Waals surface area (Å²) in [6.07, 6.45) is 0. The van der Waals surface area contributed by atoms with Crippen molar-refractivity contribution in [2.45, 2.75) is 48.5 Å². The van der Waals surface area contributed by atoms with Crippen molar-refractivity contribution in [3.63, 3.8) is 0 Å². The third kappa shape index (κ3) is 2.57. The molecule has 112 valence electrons. The molecule has 1 nitrogen and oxygen atoms in total. The minimum Gasteiger partial charge on any atom is -0.344 e. The van der Waals surface area contributed by atoms with Gasteiger partial charge in [-0.1, -0.05) is 12.1 Å². The monoisotopic (exact) mass is 281 g/mol. The molecule has 1 heteroatoms. The molecule has 0 bridgehead atoms. The van der Waals surface area contributed by atoms with E-state index in [9.17, 15) is 0 Å². The van der Waals surface area contributed by atoms with Crippen LogP contribution in [0.2, 0.25) is 0 Å². The predicted molar refractivity (Wildman–Crippen MR) is 94.1 cm³/mol. The first kappa shape index (κ1) is 15.6. The molecule has 0 amide bonds. The summed E-state index contributed by atoms with van der Waals surface area (Å²) in [5, 5.41) is 0. The highest BCUT2D eigenvalue weighted by molar-refractivity contribution is 5.74. The van der Waals surface area contributed by atoms with E-state index in [0.717, 1.165) is 0 Å². The van der Waals surface area contributed by atoms with Crippen LogP contribution in [-0.4, -0.2) is 7.05 Å². The van der Waals surface area contributed by atoms with Crippen molar-refractivity contribution >= 4 is 11.4 Å². The van der Waals surface area contributed by atoms with Gasteiger partial charge in [-0.2, -0.15) is 0 Å². The van der Waals surface area contributed by atoms with Crippen LogP contribution in [-0.2, 0) is 0 Å². The third-order valence-electron chi connectivity index (χ3n) is 5.02. The van der Waals surface area contributed by atoms with Gasteiger partial charge in [0, 0.05) is 18.4 Å². The van der Waals surface area contributed by atoms with Gasteiger partial charge in [0.2, 0.25) is 0 Å². The summed E-state index contributed by atoms with van der Waals surface area (Å²) >= 11 is 0. The number of nitrogens with zero attached hydrogens (tertiary/aromatic N) is 1. The zero-order valence-electron chi connectivity index (χ0n) is 14.7. The van der Waals surface area contributed by atoms with E-state index < -0.39 is 0 Å². The lowest BCUT2D eigenvalue weighted by atomic mass is 9.92. The van der Waals surface area contributed by atoms with Crippen LogP contribution < -0.4 is 4.90 Å². The minimum atomic E-state index is 1.30. The van der Waals surface area contributed by atoms with E-state index in [1.54, 1.807) is 0 Å². The Bertz CT molecular complexity index is 666. The van der Waals surface area contributed by atoms with Crippen molar-refractivity contribution in [3.8, 4) is 0 Å². The van der Waals surface area contributed by atoms with E-state index >= 15 is 0 Å². The standard InChI is InChI=1S/C20H27N/c1-12-9-10-13(2)19(11-12)21(8)20-17(6)15(4)14(3)16(5)18(20)7/h9-11H,1-8H3. The lowest BCUT2D eigenvalue weighted by Gasteiger charge is -2.29. The third-order valence-corrected chi connectivity index (χ3v) is 5.02. The van der Waals surface area contributed by atoms with Crippen LogP contribution >= 0.6 is 0 Å². The average Bonchev–Trinajstić information content (AvgIpc) is 2.45. The van der Waals surface area contributed by atoms with Crippen LogP contribution in [0, 0.1) is 48.5 Å². The number of aryl methyl sites for hydroxylation is 2. The summed E-state index contributed by atoms with van der Waals surface area (Å²) in [7, 11) is 2.19. The van der Waals surface area contributed by atoms with Crippen LogP contribution in [0.15, 0.2) is 18.2 Å². The van der Waals surface area contributed by atoms with Gasteiger partial charge in [-0.05, 0) is 93.5 Å². The van der Waals surface area contributed by atoms with Gasteiger partial charge in [-0.25, -0.2) is 0 Å². The van der Waals surface area contributed by atoms with Crippen molar-refractivity contribution < 1.29 is 0 Å². The minimum absolute atomic E-state index is 1.30. The lowest BCUT2D eigenvalue weighted by Crippen LogP contribution is -2.16. The van der Waals surface area contributed by atoms with Gasteiger partial charge >= 0.3 is 0 Å². The molecule has 0 unspecified atom stereocenters. The maximum atomic E-state index is 2.35. The number of rotatable bonds is 2. The second-order valence-corrected chi connectivity index (χ2v) is 6.32. The highest BCUT2D eigenvalue weighted by Crippen LogP contribution is 2.37. The van der Waals surface area contributed by atoms with Gasteiger partial charge in [0.05, 0.1) is 0 Å². The quantitative estimate of drug-likeness (QED) is 0.691. The first-order chi connectivity index (χ1) is 9.75. The molecule has 0 spiro atoms. The topological polar surface area (TPSA) is 3.24 Å². The summed E-state index contributed by atoms with van der Waals surface area (Å²) in [6.45, 7) is 15.5. The second-order valence-electron chi connectivity index (χ2n) is 6.32. The molecule has 0 fully saturated rings. The van der Waals surface area contributed by atoms with E-state index in [0.29, 0.717) is 0 Å². The van der Waals surface area contributed by atoms with Gasteiger partial charge in [0.15, 0.2) is 0 Å². The molecule has 0 aliphatic carbocycles. The molecule has 0 N–H and O–H groups in total. The van der Waals surface area contributed by atoms with Crippen LogP contribution in [0.25, 0.3) is 0 Å². The molecule has 0 atom stereocenters. The molecule has 0 aliphatic rings. The highest BCUT2D eigenvalue weighted by atomic mass is 15.1. The zero-order chi connectivity index (χ0) is 15.9. The van der Waals surface area contributed by atoms with Gasteiger partial charge < -0.3 is 4.90 Å². The fourth-order valence-electron chi connectivity index (χ4n) is 3.18. The fourth-order valence-corrected chi connectivity index (χ4v) is 3.18. The van der Waals surface area contributed by atoms with Gasteiger partial charge in [0.1, 0.15) is 0 Å². The van der Waals surface area contributed by atoms with E-state index in [2.05, 4.69) is 78.6 Å². The van der Waals surface area contributed by atoms with Crippen LogP contribution in [0.4, 0.5) is 11.4 Å². The molecule has 0 saturated carbocycles. The SMILES string of the molecule is Cc1ccc(C)c(N(C)c2c(C)c(C)c(C)c(C)c2C)c1. The van der Waals surface area contributed by atoms with E-state index in [4.69, 9.17) is 0 Å². The molecule has 0 aromatic heterocycles. The van der Waals surface area contributed by atoms with Crippen molar-refractivity contribution in [3.05, 3.63) is 57.1 Å². The first-order valence-corrected chi connectivity index (χ1v) is 7.63. The largest absolute Gasteiger partial charge is 0.344 e. The molecule has 2 rings (SSSR count). The fraction of sp³-hybridized carbons (Fsp3) is 0.400. The van der Waals surface area contributed by atoms with Crippen molar-refractivity contribution in [1.82, 2.24) is 0 Å². The Balaban J connectivity index is 2.69. The number of anilines is 2. The van der Waals surface area contributed by atoms with Crippen molar-refractivity contribution in [2.24, 2.45) is 0 Å². The molecule has 21 heavy (non-hydrogen) atoms. The van der Waals surface area contributed by atoms with E-state index in [1.807, 2.05) is 0 Å². The zero-order valence-corrected chi connectivity index (χ0v) is 14.7. The highest BCUT2D eigenvalue weighted by Gasteiger charge is 2.17. The summed E-state index contributed by atoms with van der Waals surface area (Å²) in [5.41, 5.74) is 12.3. The first-order valence-electron chi connectivity index (χ1n) is 7.63. The van der Waals surface area contributed by atoms with Crippen molar-refractivity contribution in [2.75, 3.05) is 11.9 Å². The number of hydrogen-bond donors (Lipinski definition) is 0. The maximum Gasteiger partial charge on any atom is 0.0473 e. The Hall–Kier alpha value is -1.76. The molecule has 0 aliphatic heterocycles. The van der Waals surface area contributed by atoms with Crippen LogP contribution in [0.1, 0.15) is 38.9 Å². The van der Waals surface area contributed by atoms with Gasteiger partial charge in [-0.3, -0.25) is 0 Å². The second kappa shape index (κ2) is 5.55.